The van der Waals surface area contributed by atoms with Crippen LogP contribution in [0.2, 0.25) is 0 Å². The van der Waals surface area contributed by atoms with E-state index in [-0.39, 0.29) is 11.7 Å². The number of para-hydroxylation sites is 3. The molecule has 0 N–H and O–H groups in total. The Hall–Kier alpha value is -2.60. The van der Waals surface area contributed by atoms with Crippen LogP contribution in [0, 0.1) is 0 Å². The van der Waals surface area contributed by atoms with Crippen LogP contribution in [0.4, 0.5) is 0 Å². The minimum absolute atomic E-state index is 0.212. The predicted octanol–water partition coefficient (Wildman–Crippen LogP) is 3.30. The van der Waals surface area contributed by atoms with Crippen LogP contribution in [0.3, 0.4) is 0 Å². The van der Waals surface area contributed by atoms with Crippen molar-refractivity contribution in [2.24, 2.45) is 0 Å². The highest BCUT2D eigenvalue weighted by Crippen LogP contribution is 2.28. The predicted molar refractivity (Wildman–Crippen MR) is 90.7 cm³/mol. The number of methoxy groups -OCH3 is 1. The zero-order valence-corrected chi connectivity index (χ0v) is 13.2. The van der Waals surface area contributed by atoms with Crippen LogP contribution in [0.5, 0.6) is 0 Å². The van der Waals surface area contributed by atoms with Gasteiger partial charge in [0.1, 0.15) is 5.65 Å². The van der Waals surface area contributed by atoms with E-state index in [0.29, 0.717) is 0 Å². The molecular weight excluding hydrogens is 310 g/mol. The molecule has 23 heavy (non-hydrogen) atoms. The molecule has 0 spiro atoms. The third-order valence-corrected chi connectivity index (χ3v) is 4.57. The van der Waals surface area contributed by atoms with E-state index in [1.807, 2.05) is 52.9 Å². The molecule has 0 saturated carbocycles. The Bertz CT molecular complexity index is 1040. The van der Waals surface area contributed by atoms with Crippen molar-refractivity contribution in [1.82, 2.24) is 14.4 Å². The highest BCUT2D eigenvalue weighted by Gasteiger charge is 2.15. The van der Waals surface area contributed by atoms with Gasteiger partial charge in [0.15, 0.2) is 5.16 Å². The Balaban J connectivity index is 2.03. The lowest BCUT2D eigenvalue weighted by atomic mass is 10.2. The molecule has 114 valence electrons. The molecule has 0 fully saturated rings. The number of rotatable bonds is 3. The summed E-state index contributed by atoms with van der Waals surface area (Å²) in [6, 6.07) is 15.8. The van der Waals surface area contributed by atoms with Crippen molar-refractivity contribution in [2.45, 2.75) is 5.16 Å². The summed E-state index contributed by atoms with van der Waals surface area (Å²) in [7, 11) is 1.39. The smallest absolute Gasteiger partial charge is 0.316 e. The van der Waals surface area contributed by atoms with Gasteiger partial charge >= 0.3 is 5.97 Å². The second kappa shape index (κ2) is 5.55. The van der Waals surface area contributed by atoms with E-state index in [9.17, 15) is 4.79 Å². The van der Waals surface area contributed by atoms with Gasteiger partial charge in [0.2, 0.25) is 0 Å². The fraction of sp³-hybridized carbons (Fsp3) is 0.118. The van der Waals surface area contributed by atoms with E-state index in [2.05, 4.69) is 0 Å². The summed E-state index contributed by atoms with van der Waals surface area (Å²) in [5, 5.41) is 1.73. The molecule has 0 aliphatic carbocycles. The minimum atomic E-state index is -0.275. The lowest BCUT2D eigenvalue weighted by Gasteiger charge is -2.07. The number of hydrogen-bond acceptors (Lipinski definition) is 5. The van der Waals surface area contributed by atoms with Gasteiger partial charge in [-0.25, -0.2) is 9.97 Å². The number of fused-ring (bicyclic) bond motifs is 5. The Morgan fingerprint density at radius 3 is 2.65 bits per heavy atom. The number of thioether (sulfide) groups is 1. The monoisotopic (exact) mass is 323 g/mol. The summed E-state index contributed by atoms with van der Waals surface area (Å²) in [6.07, 6.45) is 0. The Morgan fingerprint density at radius 1 is 1.09 bits per heavy atom. The van der Waals surface area contributed by atoms with Crippen molar-refractivity contribution < 1.29 is 9.53 Å². The molecule has 2 aromatic carbocycles. The van der Waals surface area contributed by atoms with E-state index in [1.165, 1.54) is 18.9 Å². The highest BCUT2D eigenvalue weighted by atomic mass is 32.2. The molecular formula is C17H13N3O2S. The maximum absolute atomic E-state index is 11.5. The number of esters is 1. The lowest BCUT2D eigenvalue weighted by Crippen LogP contribution is -2.05. The van der Waals surface area contributed by atoms with Gasteiger partial charge in [0.25, 0.3) is 0 Å². The number of hydrogen-bond donors (Lipinski definition) is 0. The largest absolute Gasteiger partial charge is 0.468 e. The first-order chi connectivity index (χ1) is 11.3. The fourth-order valence-corrected chi connectivity index (χ4v) is 3.43. The van der Waals surface area contributed by atoms with E-state index >= 15 is 0 Å². The van der Waals surface area contributed by atoms with Gasteiger partial charge in [-0.05, 0) is 24.3 Å². The zero-order valence-electron chi connectivity index (χ0n) is 12.4. The number of carbonyl (C=O) groups excluding carboxylic acids is 1. The number of benzene rings is 2. The summed E-state index contributed by atoms with van der Waals surface area (Å²) in [5.41, 5.74) is 3.60. The van der Waals surface area contributed by atoms with E-state index in [0.717, 1.165) is 32.7 Å². The third kappa shape index (κ3) is 2.31. The molecule has 0 radical (unpaired) electrons. The topological polar surface area (TPSA) is 56.5 Å². The third-order valence-electron chi connectivity index (χ3n) is 3.66. The number of ether oxygens (including phenoxy) is 1. The van der Waals surface area contributed by atoms with Crippen molar-refractivity contribution in [3.63, 3.8) is 0 Å². The maximum Gasteiger partial charge on any atom is 0.316 e. The van der Waals surface area contributed by atoms with Crippen LogP contribution >= 0.6 is 11.8 Å². The van der Waals surface area contributed by atoms with Crippen LogP contribution in [-0.2, 0) is 9.53 Å². The molecule has 0 saturated heterocycles. The summed E-state index contributed by atoms with van der Waals surface area (Å²) in [4.78, 5) is 20.9. The normalized spacial score (nSPS) is 11.3. The summed E-state index contributed by atoms with van der Waals surface area (Å²) in [5.74, 6) is -0.0637. The second-order valence-electron chi connectivity index (χ2n) is 5.04. The Kier molecular flexibility index (Phi) is 3.38. The number of nitrogens with zero attached hydrogens (tertiary/aromatic N) is 3. The lowest BCUT2D eigenvalue weighted by molar-refractivity contribution is -0.137. The van der Waals surface area contributed by atoms with Gasteiger partial charge in [-0.2, -0.15) is 0 Å². The molecule has 0 bridgehead atoms. The molecule has 0 aliphatic heterocycles. The standard InChI is InChI=1S/C17H13N3O2S/c1-22-15(21)10-23-17-19-12-7-3-2-6-11(12)16-18-13-8-4-5-9-14(13)20(16)17/h2-9H,10H2,1H3. The Labute approximate surface area is 136 Å². The van der Waals surface area contributed by atoms with Gasteiger partial charge in [-0.15, -0.1) is 0 Å². The molecule has 4 aromatic rings. The molecule has 0 unspecified atom stereocenters. The van der Waals surface area contributed by atoms with Crippen LogP contribution in [-0.4, -0.2) is 33.2 Å². The molecule has 0 amide bonds. The van der Waals surface area contributed by atoms with Crippen LogP contribution in [0.15, 0.2) is 53.7 Å². The molecule has 6 heteroatoms. The van der Waals surface area contributed by atoms with Crippen molar-refractivity contribution >= 4 is 45.3 Å². The van der Waals surface area contributed by atoms with E-state index < -0.39 is 0 Å². The number of carbonyl (C=O) groups is 1. The average molecular weight is 323 g/mol. The molecule has 0 atom stereocenters. The highest BCUT2D eigenvalue weighted by molar-refractivity contribution is 7.99. The summed E-state index contributed by atoms with van der Waals surface area (Å²) >= 11 is 1.35. The van der Waals surface area contributed by atoms with Crippen molar-refractivity contribution in [2.75, 3.05) is 12.9 Å². The Morgan fingerprint density at radius 2 is 1.83 bits per heavy atom. The van der Waals surface area contributed by atoms with Gasteiger partial charge in [0, 0.05) is 5.39 Å². The quantitative estimate of drug-likeness (QED) is 0.329. The molecule has 0 aliphatic rings. The van der Waals surface area contributed by atoms with Gasteiger partial charge in [0.05, 0.1) is 29.4 Å². The molecule has 2 heterocycles. The van der Waals surface area contributed by atoms with Gasteiger partial charge in [-0.3, -0.25) is 9.20 Å². The van der Waals surface area contributed by atoms with Crippen LogP contribution in [0.25, 0.3) is 27.6 Å². The first-order valence-electron chi connectivity index (χ1n) is 7.13. The van der Waals surface area contributed by atoms with Gasteiger partial charge in [-0.1, -0.05) is 36.0 Å². The molecule has 5 nitrogen and oxygen atoms in total. The van der Waals surface area contributed by atoms with Crippen LogP contribution < -0.4 is 0 Å². The number of aromatic nitrogens is 3. The molecule has 4 rings (SSSR count). The van der Waals surface area contributed by atoms with Crippen molar-refractivity contribution in [3.05, 3.63) is 48.5 Å². The van der Waals surface area contributed by atoms with Crippen LogP contribution in [0.1, 0.15) is 0 Å². The van der Waals surface area contributed by atoms with E-state index in [4.69, 9.17) is 14.7 Å². The van der Waals surface area contributed by atoms with Gasteiger partial charge < -0.3 is 4.74 Å². The second-order valence-corrected chi connectivity index (χ2v) is 5.98. The minimum Gasteiger partial charge on any atom is -0.468 e. The zero-order chi connectivity index (χ0) is 15.8. The van der Waals surface area contributed by atoms with Crippen molar-refractivity contribution in [1.29, 1.82) is 0 Å². The first kappa shape index (κ1) is 14.0. The maximum atomic E-state index is 11.5. The fourth-order valence-electron chi connectivity index (χ4n) is 2.59. The van der Waals surface area contributed by atoms with Crippen molar-refractivity contribution in [3.8, 4) is 0 Å². The SMILES string of the molecule is COC(=O)CSc1nc2ccccc2c2nc3ccccc3n12. The summed E-state index contributed by atoms with van der Waals surface area (Å²) < 4.78 is 6.73. The number of imidazole rings is 1. The molecule has 2 aromatic heterocycles. The average Bonchev–Trinajstić information content (AvgIpc) is 2.99. The van der Waals surface area contributed by atoms with E-state index in [1.54, 1.807) is 0 Å². The first-order valence-corrected chi connectivity index (χ1v) is 8.12. The summed E-state index contributed by atoms with van der Waals surface area (Å²) in [6.45, 7) is 0.